The molecule has 1 saturated heterocycles. The van der Waals surface area contributed by atoms with Gasteiger partial charge in [-0.25, -0.2) is 0 Å². The first-order chi connectivity index (χ1) is 19.4. The van der Waals surface area contributed by atoms with Gasteiger partial charge in [0, 0.05) is 24.7 Å². The molecule has 1 aromatic carbocycles. The third-order valence-electron chi connectivity index (χ3n) is 9.36. The van der Waals surface area contributed by atoms with E-state index in [2.05, 4.69) is 17.1 Å². The number of piperidine rings is 1. The summed E-state index contributed by atoms with van der Waals surface area (Å²) in [7, 11) is 0. The topological polar surface area (TPSA) is 103 Å². The van der Waals surface area contributed by atoms with E-state index in [1.54, 1.807) is 6.26 Å². The Labute approximate surface area is 239 Å². The summed E-state index contributed by atoms with van der Waals surface area (Å²) >= 11 is 0. The number of carbonyl (C=O) groups excluding carboxylic acids is 1. The lowest BCUT2D eigenvalue weighted by Crippen LogP contribution is -2.45. The van der Waals surface area contributed by atoms with Crippen molar-refractivity contribution in [3.8, 4) is 11.1 Å². The molecule has 2 heterocycles. The minimum atomic E-state index is -0.887. The number of carbonyl (C=O) groups is 2. The van der Waals surface area contributed by atoms with Crippen LogP contribution in [-0.2, 0) is 4.79 Å². The lowest BCUT2D eigenvalue weighted by atomic mass is 9.68. The van der Waals surface area contributed by atoms with Crippen LogP contribution in [0.3, 0.4) is 0 Å². The van der Waals surface area contributed by atoms with Crippen molar-refractivity contribution >= 4 is 11.9 Å². The molecule has 1 unspecified atom stereocenters. The molecule has 0 spiro atoms. The molecule has 220 valence electrons. The molecule has 1 aliphatic heterocycles. The number of furan rings is 1. The van der Waals surface area contributed by atoms with E-state index in [9.17, 15) is 14.7 Å². The molecule has 2 fully saturated rings. The summed E-state index contributed by atoms with van der Waals surface area (Å²) in [5.41, 5.74) is 3.43. The largest absolute Gasteiger partial charge is 0.481 e. The number of aryl methyl sites for hydroxylation is 1. The van der Waals surface area contributed by atoms with Crippen LogP contribution in [0, 0.1) is 18.3 Å². The zero-order valence-corrected chi connectivity index (χ0v) is 24.2. The van der Waals surface area contributed by atoms with E-state index in [4.69, 9.17) is 9.52 Å². The summed E-state index contributed by atoms with van der Waals surface area (Å²) in [6, 6.07) is 10.2. The molecule has 2 aromatic rings. The van der Waals surface area contributed by atoms with Gasteiger partial charge < -0.3 is 24.8 Å². The molecular weight excluding hydrogens is 504 g/mol. The molecule has 40 heavy (non-hydrogen) atoms. The number of nitrogens with zero attached hydrogens (tertiary/aromatic N) is 1. The molecule has 1 aromatic heterocycles. The number of carboxylic acids is 1. The van der Waals surface area contributed by atoms with Crippen molar-refractivity contribution < 1.29 is 24.2 Å². The highest BCUT2D eigenvalue weighted by molar-refractivity contribution is 5.98. The van der Waals surface area contributed by atoms with Crippen LogP contribution in [0.2, 0.25) is 0 Å². The number of unbranched alkanes of at least 4 members (excludes halogenated alkanes) is 2. The minimum absolute atomic E-state index is 0.131. The van der Waals surface area contributed by atoms with E-state index >= 15 is 0 Å². The first-order valence-corrected chi connectivity index (χ1v) is 15.4. The number of aliphatic carboxylic acids is 1. The number of carboxylic acid groups (broad SMARTS) is 1. The molecular formula is C33H48N2O5. The van der Waals surface area contributed by atoms with Crippen LogP contribution in [0.25, 0.3) is 11.1 Å². The highest BCUT2D eigenvalue weighted by Gasteiger charge is 2.32. The second kappa shape index (κ2) is 14.8. The van der Waals surface area contributed by atoms with Gasteiger partial charge in [0.05, 0.1) is 18.8 Å². The van der Waals surface area contributed by atoms with Crippen LogP contribution >= 0.6 is 0 Å². The number of likely N-dealkylation sites (tertiary alicyclic amines) is 1. The summed E-state index contributed by atoms with van der Waals surface area (Å²) in [4.78, 5) is 26.8. The van der Waals surface area contributed by atoms with Gasteiger partial charge in [0.15, 0.2) is 5.76 Å². The second-order valence-corrected chi connectivity index (χ2v) is 12.2. The number of aliphatic hydroxyl groups is 1. The number of aliphatic hydroxyl groups excluding tert-OH is 1. The average Bonchev–Trinajstić information content (AvgIpc) is 3.46. The fraction of sp³-hybridized carbons (Fsp3) is 0.636. The Hall–Kier alpha value is -2.64. The summed E-state index contributed by atoms with van der Waals surface area (Å²) in [5.74, 6) is -1.25. The van der Waals surface area contributed by atoms with Crippen molar-refractivity contribution in [1.29, 1.82) is 0 Å². The summed E-state index contributed by atoms with van der Waals surface area (Å²) in [6.07, 6.45) is 16.2. The molecule has 0 bridgehead atoms. The van der Waals surface area contributed by atoms with E-state index in [0.29, 0.717) is 17.6 Å². The Bertz CT molecular complexity index is 1060. The van der Waals surface area contributed by atoms with Gasteiger partial charge in [-0.05, 0) is 75.5 Å². The minimum Gasteiger partial charge on any atom is -0.481 e. The van der Waals surface area contributed by atoms with Crippen molar-refractivity contribution in [2.45, 2.75) is 96.4 Å². The monoisotopic (exact) mass is 552 g/mol. The molecule has 3 N–H and O–H groups in total. The van der Waals surface area contributed by atoms with Gasteiger partial charge in [0.2, 0.25) is 0 Å². The molecule has 1 aliphatic carbocycles. The van der Waals surface area contributed by atoms with Crippen LogP contribution < -0.4 is 5.32 Å². The van der Waals surface area contributed by atoms with Gasteiger partial charge in [0.25, 0.3) is 5.91 Å². The standard InChI is InChI=1S/C33H48N2O5/c1-25-9-11-26(12-10-25)29-15-23-40-30(29)31(37)34-28-13-20-35(21-14-28)22-19-33(17-6-3-7-18-33)16-5-2-4-8-27(24-36)32(38)39/h9-12,15,23,27-28,36H,2-8,13-14,16-22,24H2,1H3,(H,34,37)(H,38,39). The van der Waals surface area contributed by atoms with Gasteiger partial charge in [-0.3, -0.25) is 9.59 Å². The SMILES string of the molecule is Cc1ccc(-c2ccoc2C(=O)NC2CCN(CCC3(CCCCCC(CO)C(=O)O)CCCCC3)CC2)cc1. The van der Waals surface area contributed by atoms with E-state index in [0.717, 1.165) is 62.9 Å². The molecule has 7 nitrogen and oxygen atoms in total. The molecule has 7 heteroatoms. The normalized spacial score (nSPS) is 18.9. The number of hydrogen-bond donors (Lipinski definition) is 3. The quantitative estimate of drug-likeness (QED) is 0.233. The van der Waals surface area contributed by atoms with Crippen LogP contribution in [0.5, 0.6) is 0 Å². The maximum absolute atomic E-state index is 13.1. The number of rotatable bonds is 14. The van der Waals surface area contributed by atoms with Gasteiger partial charge in [-0.15, -0.1) is 0 Å². The maximum atomic E-state index is 13.1. The van der Waals surface area contributed by atoms with Crippen LogP contribution in [0.15, 0.2) is 41.0 Å². The average molecular weight is 553 g/mol. The molecule has 1 amide bonds. The molecule has 1 saturated carbocycles. The highest BCUT2D eigenvalue weighted by Crippen LogP contribution is 2.44. The van der Waals surface area contributed by atoms with Crippen molar-refractivity contribution in [1.82, 2.24) is 10.2 Å². The van der Waals surface area contributed by atoms with Crippen molar-refractivity contribution in [2.24, 2.45) is 11.3 Å². The smallest absolute Gasteiger partial charge is 0.308 e. The number of benzene rings is 1. The summed E-state index contributed by atoms with van der Waals surface area (Å²) in [6.45, 7) is 4.90. The van der Waals surface area contributed by atoms with E-state index in [-0.39, 0.29) is 18.6 Å². The Morgan fingerprint density at radius 3 is 2.42 bits per heavy atom. The second-order valence-electron chi connectivity index (χ2n) is 12.2. The molecule has 2 aliphatic rings. The molecule has 0 radical (unpaired) electrons. The first kappa shape index (κ1) is 30.3. The Kier molecular flexibility index (Phi) is 11.2. The van der Waals surface area contributed by atoms with Crippen LogP contribution in [0.4, 0.5) is 0 Å². The van der Waals surface area contributed by atoms with E-state index in [1.807, 2.05) is 30.3 Å². The Balaban J connectivity index is 1.20. The third-order valence-corrected chi connectivity index (χ3v) is 9.36. The van der Waals surface area contributed by atoms with Crippen molar-refractivity contribution in [3.63, 3.8) is 0 Å². The third kappa shape index (κ3) is 8.43. The Morgan fingerprint density at radius 1 is 1.02 bits per heavy atom. The number of hydrogen-bond acceptors (Lipinski definition) is 5. The van der Waals surface area contributed by atoms with Crippen molar-refractivity contribution in [2.75, 3.05) is 26.2 Å². The molecule has 4 rings (SSSR count). The zero-order valence-electron chi connectivity index (χ0n) is 24.2. The first-order valence-electron chi connectivity index (χ1n) is 15.4. The predicted molar refractivity (Wildman–Crippen MR) is 157 cm³/mol. The summed E-state index contributed by atoms with van der Waals surface area (Å²) < 4.78 is 5.61. The van der Waals surface area contributed by atoms with Crippen LogP contribution in [0.1, 0.15) is 99.6 Å². The maximum Gasteiger partial charge on any atom is 0.308 e. The zero-order chi connectivity index (χ0) is 28.4. The number of nitrogens with one attached hydrogen (secondary N) is 1. The van der Waals surface area contributed by atoms with Crippen molar-refractivity contribution in [3.05, 3.63) is 47.9 Å². The number of amides is 1. The van der Waals surface area contributed by atoms with E-state index < -0.39 is 11.9 Å². The lowest BCUT2D eigenvalue weighted by molar-refractivity contribution is -0.143. The molecule has 1 atom stereocenters. The van der Waals surface area contributed by atoms with E-state index in [1.165, 1.54) is 50.5 Å². The van der Waals surface area contributed by atoms with Gasteiger partial charge in [0.1, 0.15) is 0 Å². The lowest BCUT2D eigenvalue weighted by Gasteiger charge is -2.40. The summed E-state index contributed by atoms with van der Waals surface area (Å²) in [5, 5.41) is 21.6. The fourth-order valence-electron chi connectivity index (χ4n) is 6.68. The van der Waals surface area contributed by atoms with Gasteiger partial charge >= 0.3 is 5.97 Å². The van der Waals surface area contributed by atoms with Gasteiger partial charge in [-0.1, -0.05) is 68.4 Å². The Morgan fingerprint density at radius 2 is 1.75 bits per heavy atom. The highest BCUT2D eigenvalue weighted by atomic mass is 16.4. The van der Waals surface area contributed by atoms with Gasteiger partial charge in [-0.2, -0.15) is 0 Å². The predicted octanol–water partition coefficient (Wildman–Crippen LogP) is 6.43. The van der Waals surface area contributed by atoms with Crippen LogP contribution in [-0.4, -0.2) is 59.3 Å². The fourth-order valence-corrected chi connectivity index (χ4v) is 6.68.